The smallest absolute Gasteiger partial charge is 0.241 e. The molecule has 0 aliphatic rings. The van der Waals surface area contributed by atoms with Crippen molar-refractivity contribution in [3.63, 3.8) is 0 Å². The molecule has 0 aliphatic carbocycles. The summed E-state index contributed by atoms with van der Waals surface area (Å²) in [7, 11) is 0. The molecule has 4 aromatic rings. The van der Waals surface area contributed by atoms with Crippen LogP contribution in [-0.2, 0) is 13.0 Å². The normalized spacial score (nSPS) is 10.8. The van der Waals surface area contributed by atoms with E-state index in [9.17, 15) is 0 Å². The van der Waals surface area contributed by atoms with Gasteiger partial charge in [0.25, 0.3) is 0 Å². The maximum atomic E-state index is 5.97. The molecule has 0 saturated heterocycles. The first kappa shape index (κ1) is 16.5. The molecule has 0 atom stereocenters. The quantitative estimate of drug-likeness (QED) is 0.510. The van der Waals surface area contributed by atoms with E-state index in [0.717, 1.165) is 32.7 Å². The van der Waals surface area contributed by atoms with E-state index in [4.69, 9.17) is 16.3 Å². The molecule has 0 amide bonds. The molecule has 2 aromatic heterocycles. The molecule has 4 nitrogen and oxygen atoms in total. The largest absolute Gasteiger partial charge is 0.470 e. The topological polar surface area (TPSA) is 47.9 Å². The highest BCUT2D eigenvalue weighted by atomic mass is 35.5. The molecule has 2 heterocycles. The number of hydrogen-bond donors (Lipinski definition) is 0. The summed E-state index contributed by atoms with van der Waals surface area (Å²) in [6.07, 6.45) is 2.43. The van der Waals surface area contributed by atoms with Gasteiger partial charge in [-0.05, 0) is 35.9 Å². The summed E-state index contributed by atoms with van der Waals surface area (Å²) < 4.78 is 5.87. The summed E-state index contributed by atoms with van der Waals surface area (Å²) in [5.74, 6) is 0.520. The Bertz CT molecular complexity index is 1020. The number of aromatic nitrogens is 3. The van der Waals surface area contributed by atoms with Crippen LogP contribution in [-0.4, -0.2) is 15.2 Å². The van der Waals surface area contributed by atoms with Crippen LogP contribution < -0.4 is 4.74 Å². The van der Waals surface area contributed by atoms with Crippen LogP contribution in [0.3, 0.4) is 0 Å². The molecule has 0 bridgehead atoms. The van der Waals surface area contributed by atoms with Crippen LogP contribution in [0.1, 0.15) is 17.0 Å². The fraction of sp³-hybridized carbons (Fsp3) is 0.0952. The van der Waals surface area contributed by atoms with E-state index in [1.54, 1.807) is 6.20 Å². The predicted molar refractivity (Wildman–Crippen MR) is 102 cm³/mol. The van der Waals surface area contributed by atoms with Crippen LogP contribution in [0.4, 0.5) is 0 Å². The van der Waals surface area contributed by atoms with E-state index in [1.807, 2.05) is 66.7 Å². The highest BCUT2D eigenvalue weighted by molar-refractivity contribution is 6.30. The van der Waals surface area contributed by atoms with Crippen molar-refractivity contribution in [1.82, 2.24) is 15.2 Å². The van der Waals surface area contributed by atoms with E-state index in [2.05, 4.69) is 15.2 Å². The fourth-order valence-electron chi connectivity index (χ4n) is 2.79. The SMILES string of the molecule is Clc1ccc(Cc2nnc(OCc3ccccn3)c3ccccc23)cc1. The summed E-state index contributed by atoms with van der Waals surface area (Å²) in [6.45, 7) is 0.357. The molecule has 128 valence electrons. The first-order chi connectivity index (χ1) is 12.8. The minimum absolute atomic E-state index is 0.357. The van der Waals surface area contributed by atoms with Crippen LogP contribution in [0.5, 0.6) is 5.88 Å². The molecule has 0 saturated carbocycles. The van der Waals surface area contributed by atoms with E-state index in [1.165, 1.54) is 0 Å². The zero-order valence-electron chi connectivity index (χ0n) is 14.0. The van der Waals surface area contributed by atoms with Crippen molar-refractivity contribution < 1.29 is 4.74 Å². The number of halogens is 1. The van der Waals surface area contributed by atoms with Gasteiger partial charge in [0.2, 0.25) is 5.88 Å². The van der Waals surface area contributed by atoms with Crippen molar-refractivity contribution in [2.24, 2.45) is 0 Å². The van der Waals surface area contributed by atoms with Crippen LogP contribution in [0.25, 0.3) is 10.8 Å². The Hall–Kier alpha value is -2.98. The van der Waals surface area contributed by atoms with E-state index in [0.29, 0.717) is 18.9 Å². The van der Waals surface area contributed by atoms with Crippen molar-refractivity contribution in [3.8, 4) is 5.88 Å². The number of hydrogen-bond acceptors (Lipinski definition) is 4. The lowest BCUT2D eigenvalue weighted by molar-refractivity contribution is 0.290. The second-order valence-corrected chi connectivity index (χ2v) is 6.35. The Morgan fingerprint density at radius 2 is 1.58 bits per heavy atom. The van der Waals surface area contributed by atoms with Crippen molar-refractivity contribution in [3.05, 3.63) is 94.9 Å². The van der Waals surface area contributed by atoms with Crippen molar-refractivity contribution >= 4 is 22.4 Å². The lowest BCUT2D eigenvalue weighted by Crippen LogP contribution is -2.03. The molecular weight excluding hydrogens is 346 g/mol. The van der Waals surface area contributed by atoms with Crippen LogP contribution in [0.2, 0.25) is 5.02 Å². The van der Waals surface area contributed by atoms with E-state index >= 15 is 0 Å². The summed E-state index contributed by atoms with van der Waals surface area (Å²) in [5.41, 5.74) is 2.90. The van der Waals surface area contributed by atoms with Crippen LogP contribution >= 0.6 is 11.6 Å². The molecule has 0 fully saturated rings. The third-order valence-corrected chi connectivity index (χ3v) is 4.35. The van der Waals surface area contributed by atoms with Gasteiger partial charge in [0.1, 0.15) is 6.61 Å². The van der Waals surface area contributed by atoms with Crippen molar-refractivity contribution in [1.29, 1.82) is 0 Å². The number of pyridine rings is 1. The van der Waals surface area contributed by atoms with E-state index < -0.39 is 0 Å². The Labute approximate surface area is 156 Å². The Kier molecular flexibility index (Phi) is 4.75. The molecule has 0 unspecified atom stereocenters. The third kappa shape index (κ3) is 3.65. The monoisotopic (exact) mass is 361 g/mol. The highest BCUT2D eigenvalue weighted by Gasteiger charge is 2.11. The average molecular weight is 362 g/mol. The van der Waals surface area contributed by atoms with Crippen molar-refractivity contribution in [2.45, 2.75) is 13.0 Å². The Morgan fingerprint density at radius 1 is 0.808 bits per heavy atom. The minimum atomic E-state index is 0.357. The molecule has 2 aromatic carbocycles. The lowest BCUT2D eigenvalue weighted by atomic mass is 10.0. The van der Waals surface area contributed by atoms with Gasteiger partial charge in [-0.25, -0.2) is 0 Å². The third-order valence-electron chi connectivity index (χ3n) is 4.10. The first-order valence-corrected chi connectivity index (χ1v) is 8.69. The van der Waals surface area contributed by atoms with Gasteiger partial charge in [-0.2, -0.15) is 5.10 Å². The van der Waals surface area contributed by atoms with Gasteiger partial charge < -0.3 is 4.74 Å². The highest BCUT2D eigenvalue weighted by Crippen LogP contribution is 2.26. The maximum Gasteiger partial charge on any atom is 0.241 e. The zero-order valence-corrected chi connectivity index (χ0v) is 14.7. The van der Waals surface area contributed by atoms with Gasteiger partial charge in [-0.3, -0.25) is 4.98 Å². The fourth-order valence-corrected chi connectivity index (χ4v) is 2.92. The summed E-state index contributed by atoms with van der Waals surface area (Å²) in [6, 6.07) is 21.5. The molecule has 26 heavy (non-hydrogen) atoms. The second-order valence-electron chi connectivity index (χ2n) is 5.91. The van der Waals surface area contributed by atoms with Gasteiger partial charge in [0, 0.05) is 28.4 Å². The second kappa shape index (κ2) is 7.50. The first-order valence-electron chi connectivity index (χ1n) is 8.31. The van der Waals surface area contributed by atoms with Gasteiger partial charge in [-0.15, -0.1) is 5.10 Å². The number of fused-ring (bicyclic) bond motifs is 1. The summed E-state index contributed by atoms with van der Waals surface area (Å²) >= 11 is 5.97. The zero-order chi connectivity index (χ0) is 17.8. The average Bonchev–Trinajstić information content (AvgIpc) is 2.70. The number of nitrogens with zero attached hydrogens (tertiary/aromatic N) is 3. The van der Waals surface area contributed by atoms with E-state index in [-0.39, 0.29) is 0 Å². The van der Waals surface area contributed by atoms with Crippen LogP contribution in [0.15, 0.2) is 72.9 Å². The number of rotatable bonds is 5. The molecule has 0 radical (unpaired) electrons. The minimum Gasteiger partial charge on any atom is -0.470 e. The summed E-state index contributed by atoms with van der Waals surface area (Å²) in [5, 5.41) is 11.4. The van der Waals surface area contributed by atoms with Gasteiger partial charge in [0.15, 0.2) is 0 Å². The molecule has 0 aliphatic heterocycles. The Morgan fingerprint density at radius 3 is 2.35 bits per heavy atom. The maximum absolute atomic E-state index is 5.97. The van der Waals surface area contributed by atoms with Gasteiger partial charge in [-0.1, -0.05) is 48.0 Å². The molecular formula is C21H16ClN3O. The summed E-state index contributed by atoms with van der Waals surface area (Å²) in [4.78, 5) is 4.27. The van der Waals surface area contributed by atoms with Crippen molar-refractivity contribution in [2.75, 3.05) is 0 Å². The molecule has 0 spiro atoms. The predicted octanol–water partition coefficient (Wildman–Crippen LogP) is 4.85. The molecule has 0 N–H and O–H groups in total. The molecule has 5 heteroatoms. The molecule has 4 rings (SSSR count). The van der Waals surface area contributed by atoms with Gasteiger partial charge >= 0.3 is 0 Å². The lowest BCUT2D eigenvalue weighted by Gasteiger charge is -2.10. The van der Waals surface area contributed by atoms with Crippen LogP contribution in [0, 0.1) is 0 Å². The van der Waals surface area contributed by atoms with Gasteiger partial charge in [0.05, 0.1) is 11.4 Å². The Balaban J connectivity index is 1.63. The number of benzene rings is 2. The standard InChI is InChI=1S/C21H16ClN3O/c22-16-10-8-15(9-11-16)13-20-18-6-1-2-7-19(18)21(25-24-20)26-14-17-5-3-4-12-23-17/h1-12H,13-14H2. The number of ether oxygens (including phenoxy) is 1.